The summed E-state index contributed by atoms with van der Waals surface area (Å²) in [4.78, 5) is 0. The van der Waals surface area contributed by atoms with Crippen LogP contribution in [0.3, 0.4) is 0 Å². The first-order valence-electron chi connectivity index (χ1n) is 5.31. The lowest BCUT2D eigenvalue weighted by atomic mass is 9.92. The van der Waals surface area contributed by atoms with Gasteiger partial charge in [0.2, 0.25) is 0 Å². The van der Waals surface area contributed by atoms with Gasteiger partial charge in [-0.2, -0.15) is 0 Å². The highest BCUT2D eigenvalue weighted by Gasteiger charge is 2.05. The minimum Gasteiger partial charge on any atom is -0.103 e. The fourth-order valence-corrected chi connectivity index (χ4v) is 1.58. The Morgan fingerprint density at radius 1 is 1.25 bits per heavy atom. The maximum absolute atomic E-state index is 3.73. The van der Waals surface area contributed by atoms with E-state index in [1.165, 1.54) is 32.1 Å². The van der Waals surface area contributed by atoms with E-state index in [2.05, 4.69) is 27.4 Å². The van der Waals surface area contributed by atoms with Gasteiger partial charge in [0.1, 0.15) is 0 Å². The van der Waals surface area contributed by atoms with Crippen molar-refractivity contribution in [1.82, 2.24) is 0 Å². The van der Waals surface area contributed by atoms with Gasteiger partial charge >= 0.3 is 0 Å². The molecule has 0 radical (unpaired) electrons. The third-order valence-corrected chi connectivity index (χ3v) is 2.61. The van der Waals surface area contributed by atoms with E-state index in [1.807, 2.05) is 6.08 Å². The van der Waals surface area contributed by atoms with Crippen molar-refractivity contribution in [1.29, 1.82) is 0 Å². The molecule has 0 N–H and O–H groups in total. The van der Waals surface area contributed by atoms with Crippen molar-refractivity contribution in [3.05, 3.63) is 12.7 Å². The summed E-state index contributed by atoms with van der Waals surface area (Å²) in [6.45, 7) is 10.7. The Morgan fingerprint density at radius 3 is 2.42 bits per heavy atom. The first-order valence-corrected chi connectivity index (χ1v) is 5.31. The third-order valence-electron chi connectivity index (χ3n) is 2.61. The van der Waals surface area contributed by atoms with Crippen molar-refractivity contribution in [2.24, 2.45) is 11.8 Å². The Balaban J connectivity index is 3.32. The van der Waals surface area contributed by atoms with Crippen molar-refractivity contribution < 1.29 is 0 Å². The van der Waals surface area contributed by atoms with Gasteiger partial charge in [0.15, 0.2) is 0 Å². The highest BCUT2D eigenvalue weighted by molar-refractivity contribution is 4.67. The fraction of sp³-hybridized carbons (Fsp3) is 0.833. The van der Waals surface area contributed by atoms with Gasteiger partial charge in [-0.05, 0) is 31.1 Å². The van der Waals surface area contributed by atoms with E-state index in [1.54, 1.807) is 0 Å². The van der Waals surface area contributed by atoms with E-state index in [0.29, 0.717) is 0 Å². The van der Waals surface area contributed by atoms with E-state index in [-0.39, 0.29) is 0 Å². The molecule has 2 unspecified atom stereocenters. The van der Waals surface area contributed by atoms with Crippen molar-refractivity contribution in [3.8, 4) is 0 Å². The summed E-state index contributed by atoms with van der Waals surface area (Å²) in [6.07, 6.45) is 8.62. The first-order chi connectivity index (χ1) is 5.70. The molecule has 0 rings (SSSR count). The molecule has 0 amide bonds. The van der Waals surface area contributed by atoms with Crippen molar-refractivity contribution in [2.75, 3.05) is 0 Å². The average molecular weight is 168 g/mol. The molecule has 0 saturated heterocycles. The van der Waals surface area contributed by atoms with E-state index in [4.69, 9.17) is 0 Å². The van der Waals surface area contributed by atoms with E-state index < -0.39 is 0 Å². The van der Waals surface area contributed by atoms with Gasteiger partial charge in [-0.25, -0.2) is 0 Å². The molecule has 0 bridgehead atoms. The van der Waals surface area contributed by atoms with Gasteiger partial charge in [0.05, 0.1) is 0 Å². The van der Waals surface area contributed by atoms with Gasteiger partial charge in [-0.1, -0.05) is 39.7 Å². The maximum Gasteiger partial charge on any atom is -0.0353 e. The minimum absolute atomic E-state index is 0.903. The molecule has 2 atom stereocenters. The molecular formula is C12H24. The smallest absolute Gasteiger partial charge is 0.0353 e. The predicted octanol–water partition coefficient (Wildman–Crippen LogP) is 4.42. The standard InChI is InChI=1S/C12H24/c1-5-7-8-9-12(4)10-11(3)6-2/h5,11-12H,1,6-10H2,2-4H3. The molecule has 0 aromatic carbocycles. The molecule has 0 fully saturated rings. The largest absolute Gasteiger partial charge is 0.103 e. The van der Waals surface area contributed by atoms with E-state index >= 15 is 0 Å². The van der Waals surface area contributed by atoms with Crippen LogP contribution >= 0.6 is 0 Å². The second kappa shape index (κ2) is 7.39. The zero-order valence-electron chi connectivity index (χ0n) is 8.97. The lowest BCUT2D eigenvalue weighted by molar-refractivity contribution is 0.381. The summed E-state index contributed by atoms with van der Waals surface area (Å²) in [6, 6.07) is 0. The van der Waals surface area contributed by atoms with Crippen LogP contribution in [0.15, 0.2) is 12.7 Å². The molecule has 0 aromatic heterocycles. The van der Waals surface area contributed by atoms with Crippen LogP contribution in [0.4, 0.5) is 0 Å². The molecule has 0 aliphatic rings. The summed E-state index contributed by atoms with van der Waals surface area (Å²) < 4.78 is 0. The molecule has 0 heteroatoms. The molecular weight excluding hydrogens is 144 g/mol. The summed E-state index contributed by atoms with van der Waals surface area (Å²) in [5, 5.41) is 0. The summed E-state index contributed by atoms with van der Waals surface area (Å²) in [5.74, 6) is 1.81. The summed E-state index contributed by atoms with van der Waals surface area (Å²) >= 11 is 0. The molecule has 72 valence electrons. The molecule has 12 heavy (non-hydrogen) atoms. The highest BCUT2D eigenvalue weighted by Crippen LogP contribution is 2.19. The maximum atomic E-state index is 3.73. The van der Waals surface area contributed by atoms with Gasteiger partial charge in [0.25, 0.3) is 0 Å². The van der Waals surface area contributed by atoms with Gasteiger partial charge in [0, 0.05) is 0 Å². The SMILES string of the molecule is C=CCCCC(C)CC(C)CC. The third kappa shape index (κ3) is 6.45. The molecule has 0 aromatic rings. The van der Waals surface area contributed by atoms with Gasteiger partial charge in [-0.15, -0.1) is 6.58 Å². The van der Waals surface area contributed by atoms with Gasteiger partial charge < -0.3 is 0 Å². The number of rotatable bonds is 7. The Morgan fingerprint density at radius 2 is 1.92 bits per heavy atom. The lowest BCUT2D eigenvalue weighted by Gasteiger charge is -2.14. The number of hydrogen-bond donors (Lipinski definition) is 0. The van der Waals surface area contributed by atoms with Crippen LogP contribution in [0.5, 0.6) is 0 Å². The van der Waals surface area contributed by atoms with Crippen LogP contribution in [0, 0.1) is 11.8 Å². The van der Waals surface area contributed by atoms with E-state index in [0.717, 1.165) is 11.8 Å². The van der Waals surface area contributed by atoms with Crippen LogP contribution in [0.25, 0.3) is 0 Å². The predicted molar refractivity (Wildman–Crippen MR) is 57.3 cm³/mol. The van der Waals surface area contributed by atoms with Crippen LogP contribution in [0.2, 0.25) is 0 Å². The Hall–Kier alpha value is -0.260. The van der Waals surface area contributed by atoms with Gasteiger partial charge in [-0.3, -0.25) is 0 Å². The Bertz CT molecular complexity index is 105. The molecule has 0 aliphatic heterocycles. The van der Waals surface area contributed by atoms with E-state index in [9.17, 15) is 0 Å². The first kappa shape index (κ1) is 11.7. The topological polar surface area (TPSA) is 0 Å². The number of unbranched alkanes of at least 4 members (excludes halogenated alkanes) is 1. The van der Waals surface area contributed by atoms with Crippen LogP contribution in [-0.2, 0) is 0 Å². The fourth-order valence-electron chi connectivity index (χ4n) is 1.58. The minimum atomic E-state index is 0.903. The lowest BCUT2D eigenvalue weighted by Crippen LogP contribution is -2.01. The zero-order chi connectivity index (χ0) is 9.40. The second-order valence-electron chi connectivity index (χ2n) is 4.07. The molecule has 0 spiro atoms. The molecule has 0 saturated carbocycles. The van der Waals surface area contributed by atoms with Crippen molar-refractivity contribution >= 4 is 0 Å². The monoisotopic (exact) mass is 168 g/mol. The zero-order valence-corrected chi connectivity index (χ0v) is 8.97. The molecule has 0 nitrogen and oxygen atoms in total. The van der Waals surface area contributed by atoms with Crippen molar-refractivity contribution in [2.45, 2.75) is 52.9 Å². The van der Waals surface area contributed by atoms with Crippen LogP contribution < -0.4 is 0 Å². The average Bonchev–Trinajstić information content (AvgIpc) is 2.05. The van der Waals surface area contributed by atoms with Crippen LogP contribution in [-0.4, -0.2) is 0 Å². The number of hydrogen-bond acceptors (Lipinski definition) is 0. The van der Waals surface area contributed by atoms with Crippen LogP contribution in [0.1, 0.15) is 52.9 Å². The summed E-state index contributed by atoms with van der Waals surface area (Å²) in [7, 11) is 0. The molecule has 0 heterocycles. The van der Waals surface area contributed by atoms with Crippen molar-refractivity contribution in [3.63, 3.8) is 0 Å². The second-order valence-corrected chi connectivity index (χ2v) is 4.07. The highest BCUT2D eigenvalue weighted by atomic mass is 14.1. The number of allylic oxidation sites excluding steroid dienone is 1. The molecule has 0 aliphatic carbocycles. The quantitative estimate of drug-likeness (QED) is 0.390. The Kier molecular flexibility index (Phi) is 7.23. The summed E-state index contributed by atoms with van der Waals surface area (Å²) in [5.41, 5.74) is 0. The Labute approximate surface area is 78.1 Å². The normalized spacial score (nSPS) is 15.6.